The molecule has 0 amide bonds. The summed E-state index contributed by atoms with van der Waals surface area (Å²) in [5.41, 5.74) is 0. The first-order valence-electron chi connectivity index (χ1n) is 10.4. The zero-order valence-corrected chi connectivity index (χ0v) is 17.5. The lowest BCUT2D eigenvalue weighted by Gasteiger charge is -2.53. The summed E-state index contributed by atoms with van der Waals surface area (Å²) in [6.45, 7) is -0.377. The standard InChI is InChI=1S/C18H32O15/c1-4-7(21)9(23)11(25)16(30-4)18(29)15(28)13(27)14(6(3-20)33-18)32-17-12(26)10(24)8(22)5(2-19)31-17/h4-17,19-29H,2-3H2,1H3/t4-,5+,6+,7+,8-,9+,10-,11-,12+,13-,14+,15+,16-,17-,18?/m0/s1. The monoisotopic (exact) mass is 488 g/mol. The summed E-state index contributed by atoms with van der Waals surface area (Å²) in [4.78, 5) is 0. The van der Waals surface area contributed by atoms with Crippen molar-refractivity contribution in [1.82, 2.24) is 0 Å². The fraction of sp³-hybridized carbons (Fsp3) is 1.00. The molecule has 15 heteroatoms. The molecule has 11 N–H and O–H groups in total. The lowest BCUT2D eigenvalue weighted by atomic mass is 9.83. The van der Waals surface area contributed by atoms with Crippen LogP contribution >= 0.6 is 0 Å². The van der Waals surface area contributed by atoms with Crippen molar-refractivity contribution in [1.29, 1.82) is 0 Å². The second-order valence-corrected chi connectivity index (χ2v) is 8.56. The minimum absolute atomic E-state index is 0.760. The number of rotatable bonds is 5. The average molecular weight is 488 g/mol. The van der Waals surface area contributed by atoms with E-state index in [4.69, 9.17) is 18.9 Å². The van der Waals surface area contributed by atoms with Crippen LogP contribution in [0.4, 0.5) is 0 Å². The first-order chi connectivity index (χ1) is 15.4. The normalized spacial score (nSPS) is 56.0. The quantitative estimate of drug-likeness (QED) is 0.172. The minimum atomic E-state index is -2.89. The largest absolute Gasteiger partial charge is 0.394 e. The van der Waals surface area contributed by atoms with E-state index in [-0.39, 0.29) is 0 Å². The van der Waals surface area contributed by atoms with Gasteiger partial charge in [-0.15, -0.1) is 0 Å². The molecule has 194 valence electrons. The van der Waals surface area contributed by atoms with Gasteiger partial charge >= 0.3 is 0 Å². The Hall–Kier alpha value is -0.600. The SMILES string of the molecule is C[C@@H]1O[C@H](C2(O)O[C@H](CO)[C@@H](O[C@@H]3O[C@H](CO)[C@H](O)[C@H](O)[C@H]3O)[C@H](O)[C@H]2O)[C@@H](O)[C@H](O)[C@@H]1O. The zero-order chi connectivity index (χ0) is 24.8. The average Bonchev–Trinajstić information content (AvgIpc) is 2.80. The van der Waals surface area contributed by atoms with E-state index < -0.39 is 105 Å². The van der Waals surface area contributed by atoms with Gasteiger partial charge in [-0.25, -0.2) is 0 Å². The first kappa shape index (κ1) is 27.0. The van der Waals surface area contributed by atoms with E-state index in [0.29, 0.717) is 0 Å². The van der Waals surface area contributed by atoms with Gasteiger partial charge in [0.2, 0.25) is 5.79 Å². The number of ether oxygens (including phenoxy) is 4. The molecular formula is C18H32O15. The fourth-order valence-electron chi connectivity index (χ4n) is 4.30. The Bertz CT molecular complexity index is 650. The highest BCUT2D eigenvalue weighted by atomic mass is 16.7. The van der Waals surface area contributed by atoms with Crippen LogP contribution in [0, 0.1) is 0 Å². The highest BCUT2D eigenvalue weighted by Gasteiger charge is 2.63. The molecule has 15 nitrogen and oxygen atoms in total. The molecule has 3 rings (SSSR count). The lowest BCUT2D eigenvalue weighted by Crippen LogP contribution is -2.75. The minimum Gasteiger partial charge on any atom is -0.394 e. The molecule has 33 heavy (non-hydrogen) atoms. The Morgan fingerprint density at radius 2 is 1.27 bits per heavy atom. The molecule has 0 bridgehead atoms. The van der Waals surface area contributed by atoms with E-state index in [9.17, 15) is 56.2 Å². The van der Waals surface area contributed by atoms with Crippen LogP contribution < -0.4 is 0 Å². The summed E-state index contributed by atoms with van der Waals surface area (Å²) in [5, 5.41) is 111. The van der Waals surface area contributed by atoms with Gasteiger partial charge in [0.05, 0.1) is 19.3 Å². The molecule has 0 aromatic rings. The summed E-state index contributed by atoms with van der Waals surface area (Å²) in [7, 11) is 0. The molecule has 0 aliphatic carbocycles. The van der Waals surface area contributed by atoms with Crippen molar-refractivity contribution < 1.29 is 75.1 Å². The molecule has 3 aliphatic heterocycles. The van der Waals surface area contributed by atoms with Crippen molar-refractivity contribution in [2.24, 2.45) is 0 Å². The van der Waals surface area contributed by atoms with Crippen molar-refractivity contribution >= 4 is 0 Å². The number of hydrogen-bond donors (Lipinski definition) is 11. The third-order valence-corrected chi connectivity index (χ3v) is 6.37. The Morgan fingerprint density at radius 3 is 1.85 bits per heavy atom. The van der Waals surface area contributed by atoms with Crippen LogP contribution in [0.2, 0.25) is 0 Å². The van der Waals surface area contributed by atoms with Crippen LogP contribution in [0.15, 0.2) is 0 Å². The van der Waals surface area contributed by atoms with Gasteiger partial charge in [-0.05, 0) is 6.92 Å². The molecule has 3 fully saturated rings. The van der Waals surface area contributed by atoms with Gasteiger partial charge in [0, 0.05) is 0 Å². The summed E-state index contributed by atoms with van der Waals surface area (Å²) in [6.07, 6.45) is -24.4. The van der Waals surface area contributed by atoms with Gasteiger partial charge in [-0.3, -0.25) is 0 Å². The molecule has 15 atom stereocenters. The van der Waals surface area contributed by atoms with E-state index in [0.717, 1.165) is 0 Å². The zero-order valence-electron chi connectivity index (χ0n) is 17.5. The summed E-state index contributed by atoms with van der Waals surface area (Å²) >= 11 is 0. The smallest absolute Gasteiger partial charge is 0.225 e. The Kier molecular flexibility index (Phi) is 8.32. The lowest BCUT2D eigenvalue weighted by molar-refractivity contribution is -0.419. The summed E-state index contributed by atoms with van der Waals surface area (Å²) in [6, 6.07) is 0. The third-order valence-electron chi connectivity index (χ3n) is 6.37. The van der Waals surface area contributed by atoms with Gasteiger partial charge in [0.15, 0.2) is 6.29 Å². The number of hydrogen-bond acceptors (Lipinski definition) is 15. The van der Waals surface area contributed by atoms with Gasteiger partial charge in [0.25, 0.3) is 0 Å². The highest BCUT2D eigenvalue weighted by molar-refractivity contribution is 5.06. The first-order valence-corrected chi connectivity index (χ1v) is 10.4. The van der Waals surface area contributed by atoms with E-state index in [1.54, 1.807) is 0 Å². The van der Waals surface area contributed by atoms with E-state index in [1.807, 2.05) is 0 Å². The maximum Gasteiger partial charge on any atom is 0.225 e. The van der Waals surface area contributed by atoms with Crippen LogP contribution in [0.25, 0.3) is 0 Å². The van der Waals surface area contributed by atoms with Crippen LogP contribution in [0.3, 0.4) is 0 Å². The molecule has 0 spiro atoms. The Labute approximate surface area is 187 Å². The van der Waals surface area contributed by atoms with Crippen LogP contribution in [0.1, 0.15) is 6.92 Å². The van der Waals surface area contributed by atoms with Crippen molar-refractivity contribution in [3.8, 4) is 0 Å². The summed E-state index contributed by atoms with van der Waals surface area (Å²) in [5.74, 6) is -2.89. The second kappa shape index (κ2) is 10.2. The maximum absolute atomic E-state index is 11.0. The Balaban J connectivity index is 1.82. The number of aliphatic hydroxyl groups excluding tert-OH is 10. The van der Waals surface area contributed by atoms with E-state index in [2.05, 4.69) is 0 Å². The van der Waals surface area contributed by atoms with Crippen LogP contribution in [-0.2, 0) is 18.9 Å². The molecule has 3 heterocycles. The predicted molar refractivity (Wildman–Crippen MR) is 99.9 cm³/mol. The van der Waals surface area contributed by atoms with Crippen molar-refractivity contribution in [2.75, 3.05) is 13.2 Å². The molecular weight excluding hydrogens is 456 g/mol. The molecule has 0 saturated carbocycles. The predicted octanol–water partition coefficient (Wildman–Crippen LogP) is -7.16. The number of aliphatic hydroxyl groups is 11. The highest BCUT2D eigenvalue weighted by Crippen LogP contribution is 2.39. The van der Waals surface area contributed by atoms with Gasteiger partial charge in [0.1, 0.15) is 73.2 Å². The summed E-state index contributed by atoms with van der Waals surface area (Å²) < 4.78 is 21.2. The van der Waals surface area contributed by atoms with E-state index in [1.165, 1.54) is 6.92 Å². The molecule has 0 aromatic heterocycles. The van der Waals surface area contributed by atoms with E-state index >= 15 is 0 Å². The second-order valence-electron chi connectivity index (χ2n) is 8.56. The van der Waals surface area contributed by atoms with Gasteiger partial charge in [-0.2, -0.15) is 0 Å². The molecule has 3 aliphatic rings. The van der Waals surface area contributed by atoms with Crippen LogP contribution in [-0.4, -0.2) is 161 Å². The molecule has 1 unspecified atom stereocenters. The molecule has 0 aromatic carbocycles. The fourth-order valence-corrected chi connectivity index (χ4v) is 4.30. The topological polar surface area (TPSA) is 259 Å². The third kappa shape index (κ3) is 4.65. The van der Waals surface area contributed by atoms with Crippen molar-refractivity contribution in [2.45, 2.75) is 98.4 Å². The maximum atomic E-state index is 11.0. The van der Waals surface area contributed by atoms with Crippen LogP contribution in [0.5, 0.6) is 0 Å². The van der Waals surface area contributed by atoms with Gasteiger partial charge < -0.3 is 75.1 Å². The Morgan fingerprint density at radius 1 is 0.697 bits per heavy atom. The van der Waals surface area contributed by atoms with Crippen molar-refractivity contribution in [3.05, 3.63) is 0 Å². The van der Waals surface area contributed by atoms with Gasteiger partial charge in [-0.1, -0.05) is 0 Å². The molecule has 0 radical (unpaired) electrons. The van der Waals surface area contributed by atoms with Crippen molar-refractivity contribution in [3.63, 3.8) is 0 Å². The molecule has 3 saturated heterocycles.